The number of urea groups is 1. The predicted octanol–water partition coefficient (Wildman–Crippen LogP) is 2.98. The predicted molar refractivity (Wildman–Crippen MR) is 93.6 cm³/mol. The molecule has 0 aliphatic carbocycles. The van der Waals surface area contributed by atoms with Crippen molar-refractivity contribution in [3.63, 3.8) is 0 Å². The third-order valence-electron chi connectivity index (χ3n) is 3.21. The first-order valence-electron chi connectivity index (χ1n) is 7.82. The summed E-state index contributed by atoms with van der Waals surface area (Å²) in [6, 6.07) is 7.95. The molecule has 25 heavy (non-hydrogen) atoms. The lowest BCUT2D eigenvalue weighted by Crippen LogP contribution is -2.28. The summed E-state index contributed by atoms with van der Waals surface area (Å²) in [7, 11) is 1.30. The summed E-state index contributed by atoms with van der Waals surface area (Å²) in [5.41, 5.74) is 1.64. The second-order valence-corrected chi connectivity index (χ2v) is 5.53. The second-order valence-electron chi connectivity index (χ2n) is 5.53. The molecule has 0 fully saturated rings. The largest absolute Gasteiger partial charge is 0.489 e. The number of ether oxygens (including phenoxy) is 2. The van der Waals surface area contributed by atoms with Crippen LogP contribution in [0.15, 0.2) is 42.7 Å². The summed E-state index contributed by atoms with van der Waals surface area (Å²) in [6.07, 6.45) is 3.23. The Morgan fingerprint density at radius 3 is 2.52 bits per heavy atom. The zero-order valence-electron chi connectivity index (χ0n) is 14.4. The van der Waals surface area contributed by atoms with Gasteiger partial charge in [0.2, 0.25) is 0 Å². The molecule has 2 N–H and O–H groups in total. The molecular formula is C18H21N3O4. The van der Waals surface area contributed by atoms with Gasteiger partial charge in [-0.3, -0.25) is 4.98 Å². The number of aromatic nitrogens is 1. The van der Waals surface area contributed by atoms with Crippen LogP contribution in [-0.2, 0) is 11.3 Å². The number of carbonyl (C=O) groups excluding carboxylic acids is 2. The lowest BCUT2D eigenvalue weighted by molar-refractivity contribution is 0.0600. The van der Waals surface area contributed by atoms with Gasteiger partial charge in [0.1, 0.15) is 5.75 Å². The van der Waals surface area contributed by atoms with Gasteiger partial charge in [-0.2, -0.15) is 0 Å². The Balaban J connectivity index is 2.11. The minimum Gasteiger partial charge on any atom is -0.489 e. The van der Waals surface area contributed by atoms with Crippen LogP contribution in [-0.4, -0.2) is 30.2 Å². The number of esters is 1. The lowest BCUT2D eigenvalue weighted by atomic mass is 10.2. The molecule has 1 aromatic carbocycles. The van der Waals surface area contributed by atoms with Gasteiger partial charge >= 0.3 is 12.0 Å². The summed E-state index contributed by atoms with van der Waals surface area (Å²) in [5.74, 6) is -0.0157. The Labute approximate surface area is 146 Å². The van der Waals surface area contributed by atoms with Crippen LogP contribution in [0, 0.1) is 0 Å². The molecule has 0 aliphatic rings. The van der Waals surface area contributed by atoms with Gasteiger partial charge in [-0.05, 0) is 49.7 Å². The van der Waals surface area contributed by atoms with E-state index in [1.54, 1.807) is 24.5 Å². The standard InChI is InChI=1S/C18H21N3O4/c1-12(2)25-16-5-4-14(17(22)24-3)10-15(16)21-18(23)20-11-13-6-8-19-9-7-13/h4-10,12H,11H2,1-3H3,(H2,20,21,23). The molecule has 2 rings (SSSR count). The second kappa shape index (κ2) is 8.68. The van der Waals surface area contributed by atoms with Crippen molar-refractivity contribution in [3.05, 3.63) is 53.9 Å². The minimum atomic E-state index is -0.489. The number of benzene rings is 1. The molecule has 1 aromatic heterocycles. The number of rotatable bonds is 6. The van der Waals surface area contributed by atoms with E-state index >= 15 is 0 Å². The average Bonchev–Trinajstić information content (AvgIpc) is 2.61. The maximum Gasteiger partial charge on any atom is 0.337 e. The zero-order valence-corrected chi connectivity index (χ0v) is 14.4. The van der Waals surface area contributed by atoms with Gasteiger partial charge in [-0.25, -0.2) is 9.59 Å². The maximum absolute atomic E-state index is 12.2. The molecule has 132 valence electrons. The Morgan fingerprint density at radius 1 is 1.16 bits per heavy atom. The topological polar surface area (TPSA) is 89.5 Å². The monoisotopic (exact) mass is 343 g/mol. The molecule has 0 radical (unpaired) electrons. The van der Waals surface area contributed by atoms with Crippen LogP contribution < -0.4 is 15.4 Å². The molecule has 0 atom stereocenters. The highest BCUT2D eigenvalue weighted by molar-refractivity contribution is 5.95. The first kappa shape index (κ1) is 18.3. The van der Waals surface area contributed by atoms with Crippen LogP contribution in [0.3, 0.4) is 0 Å². The molecule has 1 heterocycles. The number of pyridine rings is 1. The molecule has 2 amide bonds. The summed E-state index contributed by atoms with van der Waals surface area (Å²) in [6.45, 7) is 4.11. The Morgan fingerprint density at radius 2 is 1.88 bits per heavy atom. The first-order chi connectivity index (χ1) is 12.0. The van der Waals surface area contributed by atoms with Crippen molar-refractivity contribution < 1.29 is 19.1 Å². The number of amides is 2. The fourth-order valence-corrected chi connectivity index (χ4v) is 2.08. The van der Waals surface area contributed by atoms with Crippen molar-refractivity contribution in [1.82, 2.24) is 10.3 Å². The van der Waals surface area contributed by atoms with Gasteiger partial charge in [0, 0.05) is 18.9 Å². The fourth-order valence-electron chi connectivity index (χ4n) is 2.08. The van der Waals surface area contributed by atoms with Gasteiger partial charge in [0.25, 0.3) is 0 Å². The van der Waals surface area contributed by atoms with E-state index in [9.17, 15) is 9.59 Å². The van der Waals surface area contributed by atoms with Crippen molar-refractivity contribution in [2.75, 3.05) is 12.4 Å². The molecule has 0 unspecified atom stereocenters. The summed E-state index contributed by atoms with van der Waals surface area (Å²) in [4.78, 5) is 27.8. The number of nitrogens with zero attached hydrogens (tertiary/aromatic N) is 1. The van der Waals surface area contributed by atoms with Crippen molar-refractivity contribution in [3.8, 4) is 5.75 Å². The van der Waals surface area contributed by atoms with Crippen LogP contribution in [0.2, 0.25) is 0 Å². The normalized spacial score (nSPS) is 10.2. The quantitative estimate of drug-likeness (QED) is 0.787. The first-order valence-corrected chi connectivity index (χ1v) is 7.82. The van der Waals surface area contributed by atoms with E-state index in [0.717, 1.165) is 5.56 Å². The van der Waals surface area contributed by atoms with E-state index in [4.69, 9.17) is 9.47 Å². The number of methoxy groups -OCH3 is 1. The number of hydrogen-bond donors (Lipinski definition) is 2. The Hall–Kier alpha value is -3.09. The third-order valence-corrected chi connectivity index (χ3v) is 3.21. The fraction of sp³-hybridized carbons (Fsp3) is 0.278. The summed E-state index contributed by atoms with van der Waals surface area (Å²) in [5, 5.41) is 5.45. The Kier molecular flexibility index (Phi) is 6.33. The lowest BCUT2D eigenvalue weighted by Gasteiger charge is -2.16. The van der Waals surface area contributed by atoms with Crippen LogP contribution >= 0.6 is 0 Å². The van der Waals surface area contributed by atoms with Gasteiger partial charge in [-0.15, -0.1) is 0 Å². The van der Waals surface area contributed by atoms with E-state index in [1.165, 1.54) is 13.2 Å². The molecule has 0 spiro atoms. The average molecular weight is 343 g/mol. The maximum atomic E-state index is 12.2. The number of hydrogen-bond acceptors (Lipinski definition) is 5. The molecule has 0 bridgehead atoms. The van der Waals surface area contributed by atoms with Crippen molar-refractivity contribution in [2.24, 2.45) is 0 Å². The van der Waals surface area contributed by atoms with Gasteiger partial charge in [-0.1, -0.05) is 0 Å². The molecule has 0 saturated carbocycles. The van der Waals surface area contributed by atoms with Crippen molar-refractivity contribution in [2.45, 2.75) is 26.5 Å². The highest BCUT2D eigenvalue weighted by Gasteiger charge is 2.14. The highest BCUT2D eigenvalue weighted by atomic mass is 16.5. The number of carbonyl (C=O) groups is 2. The van der Waals surface area contributed by atoms with Crippen LogP contribution in [0.1, 0.15) is 29.8 Å². The smallest absolute Gasteiger partial charge is 0.337 e. The molecule has 0 saturated heterocycles. The third kappa shape index (κ3) is 5.49. The molecule has 2 aromatic rings. The summed E-state index contributed by atoms with van der Waals surface area (Å²) >= 11 is 0. The van der Waals surface area contributed by atoms with E-state index in [0.29, 0.717) is 23.5 Å². The van der Waals surface area contributed by atoms with E-state index in [-0.39, 0.29) is 6.10 Å². The molecule has 7 heteroatoms. The van der Waals surface area contributed by atoms with Crippen LogP contribution in [0.5, 0.6) is 5.75 Å². The molecular weight excluding hydrogens is 322 g/mol. The van der Waals surface area contributed by atoms with Gasteiger partial charge in [0.05, 0.1) is 24.5 Å². The van der Waals surface area contributed by atoms with Gasteiger partial charge in [0.15, 0.2) is 0 Å². The SMILES string of the molecule is COC(=O)c1ccc(OC(C)C)c(NC(=O)NCc2ccncc2)c1. The van der Waals surface area contributed by atoms with E-state index in [1.807, 2.05) is 26.0 Å². The van der Waals surface area contributed by atoms with Crippen molar-refractivity contribution in [1.29, 1.82) is 0 Å². The van der Waals surface area contributed by atoms with Crippen LogP contribution in [0.25, 0.3) is 0 Å². The molecule has 7 nitrogen and oxygen atoms in total. The molecule has 0 aliphatic heterocycles. The highest BCUT2D eigenvalue weighted by Crippen LogP contribution is 2.27. The number of anilines is 1. The van der Waals surface area contributed by atoms with E-state index in [2.05, 4.69) is 15.6 Å². The minimum absolute atomic E-state index is 0.0793. The van der Waals surface area contributed by atoms with E-state index < -0.39 is 12.0 Å². The van der Waals surface area contributed by atoms with Crippen LogP contribution in [0.4, 0.5) is 10.5 Å². The van der Waals surface area contributed by atoms with Crippen molar-refractivity contribution >= 4 is 17.7 Å². The zero-order chi connectivity index (χ0) is 18.2. The Bertz CT molecular complexity index is 732. The summed E-state index contributed by atoms with van der Waals surface area (Å²) < 4.78 is 10.4. The number of nitrogens with one attached hydrogen (secondary N) is 2. The van der Waals surface area contributed by atoms with Gasteiger partial charge < -0.3 is 20.1 Å².